The average Bonchev–Trinajstić information content (AvgIpc) is 3.10. The van der Waals surface area contributed by atoms with Crippen molar-refractivity contribution in [3.63, 3.8) is 0 Å². The number of halogens is 1. The lowest BCUT2D eigenvalue weighted by Gasteiger charge is -2.18. The van der Waals surface area contributed by atoms with E-state index in [0.717, 1.165) is 16.7 Å². The Hall–Kier alpha value is -2.19. The van der Waals surface area contributed by atoms with Gasteiger partial charge in [-0.05, 0) is 36.4 Å². The number of carbonyl (C=O) groups excluding carboxylic acids is 3. The molecule has 9 heteroatoms. The summed E-state index contributed by atoms with van der Waals surface area (Å²) in [7, 11) is 1.19. The van der Waals surface area contributed by atoms with Crippen molar-refractivity contribution in [2.45, 2.75) is 13.0 Å². The number of nitrogens with zero attached hydrogens (tertiary/aromatic N) is 1. The molecule has 0 N–H and O–H groups in total. The fourth-order valence-electron chi connectivity index (χ4n) is 2.27. The summed E-state index contributed by atoms with van der Waals surface area (Å²) in [5.41, 5.74) is 0.511. The molecule has 126 valence electrons. The van der Waals surface area contributed by atoms with Crippen molar-refractivity contribution in [2.75, 3.05) is 13.9 Å². The summed E-state index contributed by atoms with van der Waals surface area (Å²) in [6.45, 7) is 1.53. The third-order valence-electron chi connectivity index (χ3n) is 3.53. The number of ether oxygens (including phenoxy) is 3. The standard InChI is InChI=1S/C15H12ClNO6S/c1-7(14(19)21-2)17-13(18)12(24-15(17)20)4-8-3-10-11(5-9(8)16)23-6-22-10/h3-5,7H,6H2,1-2H3/b12-4+/t7-/m0/s1. The molecule has 3 rings (SSSR count). The van der Waals surface area contributed by atoms with Crippen molar-refractivity contribution in [3.8, 4) is 11.5 Å². The Morgan fingerprint density at radius 3 is 2.71 bits per heavy atom. The molecule has 2 aliphatic rings. The van der Waals surface area contributed by atoms with Gasteiger partial charge < -0.3 is 14.2 Å². The van der Waals surface area contributed by atoms with E-state index in [1.165, 1.54) is 20.1 Å². The number of methoxy groups -OCH3 is 1. The Labute approximate surface area is 146 Å². The number of esters is 1. The van der Waals surface area contributed by atoms with Crippen LogP contribution in [0.5, 0.6) is 11.5 Å². The molecule has 1 aromatic carbocycles. The normalized spacial score (nSPS) is 19.1. The summed E-state index contributed by atoms with van der Waals surface area (Å²) >= 11 is 6.90. The molecule has 1 saturated heterocycles. The Balaban J connectivity index is 1.91. The summed E-state index contributed by atoms with van der Waals surface area (Å²) in [6, 6.07) is 2.21. The van der Waals surface area contributed by atoms with Crippen LogP contribution in [0.2, 0.25) is 5.02 Å². The highest BCUT2D eigenvalue weighted by atomic mass is 35.5. The molecule has 2 heterocycles. The lowest BCUT2D eigenvalue weighted by Crippen LogP contribution is -2.42. The van der Waals surface area contributed by atoms with E-state index in [2.05, 4.69) is 4.74 Å². The van der Waals surface area contributed by atoms with E-state index >= 15 is 0 Å². The first-order valence-corrected chi connectivity index (χ1v) is 8.06. The van der Waals surface area contributed by atoms with E-state index in [9.17, 15) is 14.4 Å². The topological polar surface area (TPSA) is 82.1 Å². The molecule has 0 saturated carbocycles. The second-order valence-electron chi connectivity index (χ2n) is 4.98. The third-order valence-corrected chi connectivity index (χ3v) is 4.74. The van der Waals surface area contributed by atoms with Crippen LogP contribution < -0.4 is 9.47 Å². The first-order valence-electron chi connectivity index (χ1n) is 6.86. The van der Waals surface area contributed by atoms with Gasteiger partial charge >= 0.3 is 5.97 Å². The Kier molecular flexibility index (Phi) is 4.42. The van der Waals surface area contributed by atoms with Gasteiger partial charge in [0.25, 0.3) is 11.1 Å². The molecule has 0 unspecified atom stereocenters. The van der Waals surface area contributed by atoms with E-state index < -0.39 is 23.2 Å². The lowest BCUT2D eigenvalue weighted by molar-refractivity contribution is -0.148. The summed E-state index contributed by atoms with van der Waals surface area (Å²) in [5, 5.41) is -0.187. The van der Waals surface area contributed by atoms with E-state index in [1.54, 1.807) is 12.1 Å². The molecule has 0 aliphatic carbocycles. The van der Waals surface area contributed by atoms with Gasteiger partial charge in [0, 0.05) is 6.07 Å². The van der Waals surface area contributed by atoms with Crippen LogP contribution in [0.1, 0.15) is 12.5 Å². The van der Waals surface area contributed by atoms with Gasteiger partial charge in [0.15, 0.2) is 11.5 Å². The zero-order chi connectivity index (χ0) is 17.4. The van der Waals surface area contributed by atoms with Crippen molar-refractivity contribution in [1.29, 1.82) is 0 Å². The van der Waals surface area contributed by atoms with Crippen LogP contribution in [0.15, 0.2) is 17.0 Å². The number of fused-ring (bicyclic) bond motifs is 1. The van der Waals surface area contributed by atoms with Gasteiger partial charge in [-0.3, -0.25) is 14.5 Å². The van der Waals surface area contributed by atoms with Crippen LogP contribution >= 0.6 is 23.4 Å². The van der Waals surface area contributed by atoms with Crippen molar-refractivity contribution in [2.24, 2.45) is 0 Å². The molecular formula is C15H12ClNO6S. The largest absolute Gasteiger partial charge is 0.467 e. The number of rotatable bonds is 3. The molecule has 1 fully saturated rings. The fraction of sp³-hybridized carbons (Fsp3) is 0.267. The number of hydrogen-bond donors (Lipinski definition) is 0. The maximum absolute atomic E-state index is 12.4. The monoisotopic (exact) mass is 369 g/mol. The molecule has 0 spiro atoms. The number of hydrogen-bond acceptors (Lipinski definition) is 7. The summed E-state index contributed by atoms with van der Waals surface area (Å²) in [4.78, 5) is 37.1. The Morgan fingerprint density at radius 2 is 2.04 bits per heavy atom. The molecule has 2 aliphatic heterocycles. The molecular weight excluding hydrogens is 358 g/mol. The molecule has 1 aromatic rings. The summed E-state index contributed by atoms with van der Waals surface area (Å²) in [5.74, 6) is -0.214. The SMILES string of the molecule is COC(=O)[C@H](C)N1C(=O)S/C(=C/c2cc3c(cc2Cl)OCO3)C1=O. The smallest absolute Gasteiger partial charge is 0.328 e. The Bertz CT molecular complexity index is 777. The maximum atomic E-state index is 12.4. The molecule has 1 atom stereocenters. The zero-order valence-corrected chi connectivity index (χ0v) is 14.3. The van der Waals surface area contributed by atoms with Crippen LogP contribution in [0, 0.1) is 0 Å². The van der Waals surface area contributed by atoms with Gasteiger partial charge in [0.2, 0.25) is 6.79 Å². The van der Waals surface area contributed by atoms with Crippen molar-refractivity contribution >= 4 is 46.6 Å². The van der Waals surface area contributed by atoms with Crippen LogP contribution in [0.25, 0.3) is 6.08 Å². The van der Waals surface area contributed by atoms with Gasteiger partial charge in [-0.1, -0.05) is 11.6 Å². The minimum atomic E-state index is -0.999. The molecule has 24 heavy (non-hydrogen) atoms. The number of thioether (sulfide) groups is 1. The van der Waals surface area contributed by atoms with Crippen molar-refractivity contribution in [1.82, 2.24) is 4.90 Å². The van der Waals surface area contributed by atoms with E-state index in [1.807, 2.05) is 0 Å². The van der Waals surface area contributed by atoms with Gasteiger partial charge in [-0.25, -0.2) is 4.79 Å². The molecule has 0 aromatic heterocycles. The first kappa shape index (κ1) is 16.7. The van der Waals surface area contributed by atoms with Gasteiger partial charge in [0.05, 0.1) is 17.0 Å². The van der Waals surface area contributed by atoms with Crippen molar-refractivity contribution < 1.29 is 28.6 Å². The highest BCUT2D eigenvalue weighted by Crippen LogP contribution is 2.40. The molecule has 0 radical (unpaired) electrons. The first-order chi connectivity index (χ1) is 11.4. The Morgan fingerprint density at radius 1 is 1.38 bits per heavy atom. The quantitative estimate of drug-likeness (QED) is 0.598. The molecule has 2 amide bonds. The zero-order valence-electron chi connectivity index (χ0n) is 12.7. The van der Waals surface area contributed by atoms with E-state index in [4.69, 9.17) is 21.1 Å². The highest BCUT2D eigenvalue weighted by molar-refractivity contribution is 8.18. The minimum Gasteiger partial charge on any atom is -0.467 e. The second kappa shape index (κ2) is 6.37. The predicted octanol–water partition coefficient (Wildman–Crippen LogP) is 2.67. The maximum Gasteiger partial charge on any atom is 0.328 e. The van der Waals surface area contributed by atoms with Gasteiger partial charge in [-0.15, -0.1) is 0 Å². The van der Waals surface area contributed by atoms with Crippen LogP contribution in [-0.4, -0.2) is 42.0 Å². The van der Waals surface area contributed by atoms with Crippen LogP contribution in [0.3, 0.4) is 0 Å². The predicted molar refractivity (Wildman–Crippen MR) is 86.9 cm³/mol. The third kappa shape index (κ3) is 2.83. The lowest BCUT2D eigenvalue weighted by atomic mass is 10.1. The molecule has 0 bridgehead atoms. The van der Waals surface area contributed by atoms with Crippen LogP contribution in [-0.2, 0) is 14.3 Å². The van der Waals surface area contributed by atoms with E-state index in [-0.39, 0.29) is 11.7 Å². The summed E-state index contributed by atoms with van der Waals surface area (Å²) < 4.78 is 15.1. The van der Waals surface area contributed by atoms with E-state index in [0.29, 0.717) is 22.1 Å². The summed E-state index contributed by atoms with van der Waals surface area (Å²) in [6.07, 6.45) is 1.49. The number of imide groups is 1. The number of amides is 2. The highest BCUT2D eigenvalue weighted by Gasteiger charge is 2.41. The van der Waals surface area contributed by atoms with Crippen molar-refractivity contribution in [3.05, 3.63) is 27.6 Å². The van der Waals surface area contributed by atoms with Crippen LogP contribution in [0.4, 0.5) is 4.79 Å². The van der Waals surface area contributed by atoms with Gasteiger partial charge in [0.1, 0.15) is 6.04 Å². The second-order valence-corrected chi connectivity index (χ2v) is 6.38. The number of carbonyl (C=O) groups is 3. The van der Waals surface area contributed by atoms with Gasteiger partial charge in [-0.2, -0.15) is 0 Å². The average molecular weight is 370 g/mol. The minimum absolute atomic E-state index is 0.0995. The molecule has 7 nitrogen and oxygen atoms in total. The number of benzene rings is 1. The fourth-order valence-corrected chi connectivity index (χ4v) is 3.38.